The molecule has 0 N–H and O–H groups in total. The second-order valence-corrected chi connectivity index (χ2v) is 4.34. The van der Waals surface area contributed by atoms with Gasteiger partial charge in [-0.1, -0.05) is 28.9 Å². The van der Waals surface area contributed by atoms with Gasteiger partial charge in [-0.15, -0.1) is 0 Å². The lowest BCUT2D eigenvalue weighted by atomic mass is 9.96. The summed E-state index contributed by atoms with van der Waals surface area (Å²) in [5, 5.41) is 4.51. The highest BCUT2D eigenvalue weighted by Crippen LogP contribution is 2.24. The maximum atomic E-state index is 13.7. The summed E-state index contributed by atoms with van der Waals surface area (Å²) in [5.74, 6) is 0. The molecule has 4 heteroatoms. The second kappa shape index (κ2) is 3.81. The Kier molecular flexibility index (Phi) is 2.65. The van der Waals surface area contributed by atoms with E-state index in [4.69, 9.17) is 16.4 Å². The van der Waals surface area contributed by atoms with E-state index in [1.54, 1.807) is 12.1 Å². The molecule has 1 aliphatic heterocycles. The Balaban J connectivity index is 2.24. The zero-order valence-corrected chi connectivity index (χ0v) is 9.09. The monoisotopic (exact) mass is 227 g/mol. The fraction of sp³-hybridized carbons (Fsp3) is 0.364. The first kappa shape index (κ1) is 10.4. The predicted octanol–water partition coefficient (Wildman–Crippen LogP) is 3.19. The van der Waals surface area contributed by atoms with E-state index >= 15 is 0 Å². The number of hydrogen-bond acceptors (Lipinski definition) is 2. The van der Waals surface area contributed by atoms with Gasteiger partial charge in [-0.2, -0.15) is 0 Å². The highest BCUT2D eigenvalue weighted by Gasteiger charge is 2.31. The van der Waals surface area contributed by atoms with Crippen molar-refractivity contribution in [2.45, 2.75) is 19.0 Å². The molecule has 1 heterocycles. The molecule has 1 aromatic rings. The molecule has 80 valence electrons. The summed E-state index contributed by atoms with van der Waals surface area (Å²) in [7, 11) is 0. The van der Waals surface area contributed by atoms with Crippen LogP contribution in [0.1, 0.15) is 18.9 Å². The third kappa shape index (κ3) is 2.48. The molecule has 0 fully saturated rings. The number of benzene rings is 1. The van der Waals surface area contributed by atoms with Gasteiger partial charge in [0.25, 0.3) is 0 Å². The number of hydrogen-bond donors (Lipinski definition) is 0. The average molecular weight is 228 g/mol. The molecular weight excluding hydrogens is 217 g/mol. The number of alkyl halides is 1. The van der Waals surface area contributed by atoms with Crippen LogP contribution in [-0.4, -0.2) is 18.0 Å². The molecule has 1 aromatic carbocycles. The van der Waals surface area contributed by atoms with E-state index in [2.05, 4.69) is 5.16 Å². The van der Waals surface area contributed by atoms with Crippen LogP contribution in [0.3, 0.4) is 0 Å². The molecule has 0 bridgehead atoms. The third-order valence-corrected chi connectivity index (χ3v) is 2.51. The normalized spacial score (nSPS) is 25.7. The molecule has 0 radical (unpaired) electrons. The van der Waals surface area contributed by atoms with Crippen molar-refractivity contribution in [2.24, 2.45) is 5.16 Å². The zero-order valence-electron chi connectivity index (χ0n) is 8.34. The first-order valence-electron chi connectivity index (χ1n) is 4.70. The third-order valence-electron chi connectivity index (χ3n) is 2.25. The Morgan fingerprint density at radius 2 is 2.07 bits per heavy atom. The van der Waals surface area contributed by atoms with Crippen LogP contribution in [0.2, 0.25) is 5.02 Å². The van der Waals surface area contributed by atoms with Crippen LogP contribution in [-0.2, 0) is 4.84 Å². The van der Waals surface area contributed by atoms with Gasteiger partial charge in [0.1, 0.15) is 5.67 Å². The van der Waals surface area contributed by atoms with E-state index < -0.39 is 5.67 Å². The molecule has 1 aliphatic rings. The Labute approximate surface area is 92.7 Å². The van der Waals surface area contributed by atoms with E-state index in [9.17, 15) is 4.39 Å². The summed E-state index contributed by atoms with van der Waals surface area (Å²) in [5.41, 5.74) is 0.141. The molecule has 1 atom stereocenters. The van der Waals surface area contributed by atoms with Gasteiger partial charge >= 0.3 is 0 Å². The highest BCUT2D eigenvalue weighted by atomic mass is 35.5. The maximum Gasteiger partial charge on any atom is 0.151 e. The van der Waals surface area contributed by atoms with Crippen LogP contribution in [0.5, 0.6) is 0 Å². The lowest BCUT2D eigenvalue weighted by Crippen LogP contribution is -2.32. The SMILES string of the molecule is CC1(F)CON=C(c2ccc(Cl)cc2)C1. The number of oxime groups is 1. The molecule has 2 nitrogen and oxygen atoms in total. The van der Waals surface area contributed by atoms with Crippen LogP contribution >= 0.6 is 11.6 Å². The summed E-state index contributed by atoms with van der Waals surface area (Å²) in [6, 6.07) is 7.13. The minimum absolute atomic E-state index is 0.0179. The predicted molar refractivity (Wildman–Crippen MR) is 58.1 cm³/mol. The van der Waals surface area contributed by atoms with E-state index in [1.807, 2.05) is 12.1 Å². The topological polar surface area (TPSA) is 21.6 Å². The largest absolute Gasteiger partial charge is 0.392 e. The first-order valence-corrected chi connectivity index (χ1v) is 5.08. The zero-order chi connectivity index (χ0) is 10.9. The molecule has 0 spiro atoms. The van der Waals surface area contributed by atoms with Gasteiger partial charge in [0.15, 0.2) is 6.61 Å². The lowest BCUT2D eigenvalue weighted by molar-refractivity contribution is 0.0185. The van der Waals surface area contributed by atoms with Crippen molar-refractivity contribution in [3.05, 3.63) is 34.9 Å². The molecule has 0 aliphatic carbocycles. The van der Waals surface area contributed by atoms with Gasteiger partial charge in [-0.25, -0.2) is 4.39 Å². The highest BCUT2D eigenvalue weighted by molar-refractivity contribution is 6.30. The Morgan fingerprint density at radius 1 is 1.40 bits per heavy atom. The van der Waals surface area contributed by atoms with Crippen LogP contribution in [0, 0.1) is 0 Å². The Hall–Kier alpha value is -1.09. The molecular formula is C11H11ClFNO. The molecule has 0 amide bonds. The summed E-state index contributed by atoms with van der Waals surface area (Å²) in [6.45, 7) is 1.53. The van der Waals surface area contributed by atoms with E-state index in [1.165, 1.54) is 6.92 Å². The molecule has 0 aromatic heterocycles. The summed E-state index contributed by atoms with van der Waals surface area (Å²) < 4.78 is 13.7. The molecule has 0 saturated carbocycles. The van der Waals surface area contributed by atoms with Crippen molar-refractivity contribution in [1.82, 2.24) is 0 Å². The smallest absolute Gasteiger partial charge is 0.151 e. The molecule has 1 unspecified atom stereocenters. The van der Waals surface area contributed by atoms with Crippen LogP contribution < -0.4 is 0 Å². The van der Waals surface area contributed by atoms with Crippen molar-refractivity contribution >= 4 is 17.3 Å². The van der Waals surface area contributed by atoms with Crippen molar-refractivity contribution < 1.29 is 9.23 Å². The fourth-order valence-corrected chi connectivity index (χ4v) is 1.60. The number of nitrogens with zero attached hydrogens (tertiary/aromatic N) is 1. The summed E-state index contributed by atoms with van der Waals surface area (Å²) >= 11 is 5.76. The minimum atomic E-state index is -1.34. The van der Waals surface area contributed by atoms with Crippen molar-refractivity contribution in [3.8, 4) is 0 Å². The van der Waals surface area contributed by atoms with Gasteiger partial charge in [-0.3, -0.25) is 0 Å². The van der Waals surface area contributed by atoms with Gasteiger partial charge in [0, 0.05) is 11.4 Å². The van der Waals surface area contributed by atoms with Crippen LogP contribution in [0.25, 0.3) is 0 Å². The molecule has 2 rings (SSSR count). The minimum Gasteiger partial charge on any atom is -0.392 e. The Bertz CT molecular complexity index is 386. The van der Waals surface area contributed by atoms with Gasteiger partial charge in [0.2, 0.25) is 0 Å². The van der Waals surface area contributed by atoms with Gasteiger partial charge in [-0.05, 0) is 24.6 Å². The lowest BCUT2D eigenvalue weighted by Gasteiger charge is -2.24. The average Bonchev–Trinajstić information content (AvgIpc) is 2.17. The van der Waals surface area contributed by atoms with Crippen LogP contribution in [0.4, 0.5) is 4.39 Å². The van der Waals surface area contributed by atoms with E-state index in [0.29, 0.717) is 10.7 Å². The van der Waals surface area contributed by atoms with Crippen LogP contribution in [0.15, 0.2) is 29.4 Å². The number of rotatable bonds is 1. The summed E-state index contributed by atoms with van der Waals surface area (Å²) in [4.78, 5) is 4.86. The van der Waals surface area contributed by atoms with Crippen molar-refractivity contribution in [2.75, 3.05) is 6.61 Å². The number of halogens is 2. The van der Waals surface area contributed by atoms with E-state index in [-0.39, 0.29) is 13.0 Å². The maximum absolute atomic E-state index is 13.7. The first-order chi connectivity index (χ1) is 7.07. The summed E-state index contributed by atoms with van der Waals surface area (Å²) in [6.07, 6.45) is 0.272. The van der Waals surface area contributed by atoms with Crippen molar-refractivity contribution in [3.63, 3.8) is 0 Å². The van der Waals surface area contributed by atoms with E-state index in [0.717, 1.165) is 5.56 Å². The fourth-order valence-electron chi connectivity index (χ4n) is 1.47. The second-order valence-electron chi connectivity index (χ2n) is 3.91. The molecule has 15 heavy (non-hydrogen) atoms. The standard InChI is InChI=1S/C11H11ClFNO/c1-11(13)6-10(14-15-7-11)8-2-4-9(12)5-3-8/h2-5H,6-7H2,1H3. The molecule has 0 saturated heterocycles. The Morgan fingerprint density at radius 3 is 2.67 bits per heavy atom. The van der Waals surface area contributed by atoms with Gasteiger partial charge in [0.05, 0.1) is 5.71 Å². The quantitative estimate of drug-likeness (QED) is 0.722. The van der Waals surface area contributed by atoms with Gasteiger partial charge < -0.3 is 4.84 Å². The van der Waals surface area contributed by atoms with Crippen molar-refractivity contribution in [1.29, 1.82) is 0 Å².